The Bertz CT molecular complexity index is 488. The van der Waals surface area contributed by atoms with E-state index in [1.54, 1.807) is 48.7 Å². The van der Waals surface area contributed by atoms with Crippen LogP contribution < -0.4 is 15.6 Å². The number of nitrogens with zero attached hydrogens (tertiary/aromatic N) is 2. The molecule has 2 N–H and O–H groups in total. The smallest absolute Gasteiger partial charge is 0.354 e. The molecule has 17 heavy (non-hydrogen) atoms. The highest BCUT2D eigenvalue weighted by molar-refractivity contribution is 5.87. The third-order valence-electron chi connectivity index (χ3n) is 2.00. The van der Waals surface area contributed by atoms with Crippen LogP contribution in [0.5, 0.6) is 5.75 Å². The second kappa shape index (κ2) is 4.98. The molecular weight excluding hydrogens is 218 g/mol. The quantitative estimate of drug-likeness (QED) is 0.818. The largest absolute Gasteiger partial charge is 0.369 e. The number of hydrogen-bond donors (Lipinski definition) is 1. The number of primary amides is 1. The molecule has 5 nitrogen and oxygen atoms in total. The van der Waals surface area contributed by atoms with Crippen LogP contribution in [0, 0.1) is 0 Å². The minimum Gasteiger partial charge on any atom is -0.369 e. The van der Waals surface area contributed by atoms with Gasteiger partial charge in [-0.1, -0.05) is 24.3 Å². The normalized spacial score (nSPS) is 9.65. The first-order chi connectivity index (χ1) is 8.27. The second-order valence-corrected chi connectivity index (χ2v) is 3.22. The van der Waals surface area contributed by atoms with Gasteiger partial charge in [0.05, 0.1) is 0 Å². The number of hydroxylamine groups is 1. The van der Waals surface area contributed by atoms with Crippen LogP contribution in [0.15, 0.2) is 54.7 Å². The Morgan fingerprint density at radius 3 is 2.41 bits per heavy atom. The van der Waals surface area contributed by atoms with E-state index >= 15 is 0 Å². The monoisotopic (exact) mass is 229 g/mol. The van der Waals surface area contributed by atoms with Crippen molar-refractivity contribution in [2.45, 2.75) is 0 Å². The average Bonchev–Trinajstić information content (AvgIpc) is 2.38. The van der Waals surface area contributed by atoms with Crippen molar-refractivity contribution in [2.24, 2.45) is 5.73 Å². The summed E-state index contributed by atoms with van der Waals surface area (Å²) in [6.07, 6.45) is 1.56. The zero-order valence-electron chi connectivity index (χ0n) is 8.98. The summed E-state index contributed by atoms with van der Waals surface area (Å²) in [6.45, 7) is 0. The van der Waals surface area contributed by atoms with Crippen LogP contribution in [0.1, 0.15) is 0 Å². The van der Waals surface area contributed by atoms with Crippen molar-refractivity contribution in [2.75, 3.05) is 5.06 Å². The van der Waals surface area contributed by atoms with Gasteiger partial charge in [-0.05, 0) is 24.3 Å². The summed E-state index contributed by atoms with van der Waals surface area (Å²) < 4.78 is 0. The highest BCUT2D eigenvalue weighted by Gasteiger charge is 2.15. The number of rotatable bonds is 3. The maximum atomic E-state index is 11.3. The molecule has 0 fully saturated rings. The first-order valence-corrected chi connectivity index (χ1v) is 5.01. The number of pyridine rings is 1. The molecule has 1 aromatic heterocycles. The number of para-hydroxylation sites is 1. The molecule has 5 heteroatoms. The lowest BCUT2D eigenvalue weighted by atomic mass is 10.3. The summed E-state index contributed by atoms with van der Waals surface area (Å²) in [4.78, 5) is 20.6. The van der Waals surface area contributed by atoms with Crippen LogP contribution in [0.25, 0.3) is 0 Å². The molecule has 2 aromatic rings. The van der Waals surface area contributed by atoms with E-state index in [2.05, 4.69) is 4.98 Å². The molecule has 1 heterocycles. The fraction of sp³-hybridized carbons (Fsp3) is 0. The van der Waals surface area contributed by atoms with Gasteiger partial charge in [-0.25, -0.2) is 9.78 Å². The van der Waals surface area contributed by atoms with E-state index in [0.717, 1.165) is 5.06 Å². The number of aromatic nitrogens is 1. The predicted octanol–water partition coefficient (Wildman–Crippen LogP) is 1.96. The number of benzene rings is 1. The molecule has 0 saturated carbocycles. The van der Waals surface area contributed by atoms with Gasteiger partial charge in [0.1, 0.15) is 0 Å². The van der Waals surface area contributed by atoms with E-state index in [9.17, 15) is 4.79 Å². The van der Waals surface area contributed by atoms with Crippen molar-refractivity contribution < 1.29 is 9.63 Å². The molecule has 0 saturated heterocycles. The van der Waals surface area contributed by atoms with E-state index in [0.29, 0.717) is 11.6 Å². The first kappa shape index (κ1) is 10.9. The topological polar surface area (TPSA) is 68.5 Å². The van der Waals surface area contributed by atoms with Gasteiger partial charge in [0.25, 0.3) is 0 Å². The fourth-order valence-electron chi connectivity index (χ4n) is 1.27. The summed E-state index contributed by atoms with van der Waals surface area (Å²) in [5, 5.41) is 0.940. The summed E-state index contributed by atoms with van der Waals surface area (Å²) in [5.41, 5.74) is 5.24. The Kier molecular flexibility index (Phi) is 3.20. The molecule has 0 spiro atoms. The van der Waals surface area contributed by atoms with Gasteiger partial charge in [0.2, 0.25) is 0 Å². The predicted molar refractivity (Wildman–Crippen MR) is 63.4 cm³/mol. The molecule has 0 radical (unpaired) electrons. The third kappa shape index (κ3) is 2.72. The van der Waals surface area contributed by atoms with E-state index < -0.39 is 6.03 Å². The maximum Gasteiger partial charge on any atom is 0.354 e. The molecule has 86 valence electrons. The molecule has 0 aliphatic carbocycles. The van der Waals surface area contributed by atoms with Gasteiger partial charge in [0, 0.05) is 6.20 Å². The zero-order chi connectivity index (χ0) is 12.1. The molecule has 0 aliphatic rings. The lowest BCUT2D eigenvalue weighted by Crippen LogP contribution is -2.39. The Balaban J connectivity index is 2.23. The number of hydrogen-bond acceptors (Lipinski definition) is 3. The Morgan fingerprint density at radius 1 is 1.12 bits per heavy atom. The van der Waals surface area contributed by atoms with Crippen LogP contribution in [0.4, 0.5) is 10.6 Å². The molecule has 2 rings (SSSR count). The van der Waals surface area contributed by atoms with Crippen molar-refractivity contribution in [3.8, 4) is 5.75 Å². The molecule has 1 aromatic carbocycles. The molecular formula is C12H11N3O2. The Labute approximate surface area is 98.4 Å². The lowest BCUT2D eigenvalue weighted by molar-refractivity contribution is 0.220. The first-order valence-electron chi connectivity index (χ1n) is 5.01. The van der Waals surface area contributed by atoms with E-state index in [-0.39, 0.29) is 0 Å². The summed E-state index contributed by atoms with van der Waals surface area (Å²) in [6, 6.07) is 13.3. The van der Waals surface area contributed by atoms with Crippen LogP contribution in [-0.4, -0.2) is 11.0 Å². The Morgan fingerprint density at radius 2 is 1.82 bits per heavy atom. The third-order valence-corrected chi connectivity index (χ3v) is 2.00. The highest BCUT2D eigenvalue weighted by atomic mass is 16.7. The van der Waals surface area contributed by atoms with E-state index in [1.165, 1.54) is 0 Å². The van der Waals surface area contributed by atoms with Gasteiger partial charge in [-0.15, -0.1) is 5.06 Å². The lowest BCUT2D eigenvalue weighted by Gasteiger charge is -2.18. The second-order valence-electron chi connectivity index (χ2n) is 3.22. The van der Waals surface area contributed by atoms with Crippen LogP contribution in [-0.2, 0) is 0 Å². The number of carbonyl (C=O) groups excluding carboxylic acids is 1. The highest BCUT2D eigenvalue weighted by Crippen LogP contribution is 2.15. The standard InChI is InChI=1S/C12H11N3O2/c13-12(16)15(11-8-4-5-9-14-11)17-10-6-2-1-3-7-10/h1-9H,(H2,13,16). The van der Waals surface area contributed by atoms with Crippen molar-refractivity contribution in [3.63, 3.8) is 0 Å². The number of amides is 2. The van der Waals surface area contributed by atoms with Crippen molar-refractivity contribution in [1.29, 1.82) is 0 Å². The molecule has 0 bridgehead atoms. The zero-order valence-corrected chi connectivity index (χ0v) is 8.98. The number of carbonyl (C=O) groups is 1. The summed E-state index contributed by atoms with van der Waals surface area (Å²) in [5.74, 6) is 0.848. The minimum absolute atomic E-state index is 0.337. The fourth-order valence-corrected chi connectivity index (χ4v) is 1.27. The van der Waals surface area contributed by atoms with Crippen LogP contribution in [0.3, 0.4) is 0 Å². The maximum absolute atomic E-state index is 11.3. The van der Waals surface area contributed by atoms with Gasteiger partial charge < -0.3 is 10.6 Å². The SMILES string of the molecule is NC(=O)N(Oc1ccccc1)c1ccccn1. The number of anilines is 1. The molecule has 0 aliphatic heterocycles. The molecule has 0 atom stereocenters. The van der Waals surface area contributed by atoms with Crippen molar-refractivity contribution in [1.82, 2.24) is 4.98 Å². The average molecular weight is 229 g/mol. The minimum atomic E-state index is -0.729. The van der Waals surface area contributed by atoms with E-state index in [4.69, 9.17) is 10.6 Å². The van der Waals surface area contributed by atoms with Gasteiger partial charge in [0.15, 0.2) is 11.6 Å². The number of nitrogens with two attached hydrogens (primary N) is 1. The molecule has 2 amide bonds. The molecule has 0 unspecified atom stereocenters. The summed E-state index contributed by atoms with van der Waals surface area (Å²) in [7, 11) is 0. The number of urea groups is 1. The van der Waals surface area contributed by atoms with Crippen molar-refractivity contribution in [3.05, 3.63) is 54.7 Å². The van der Waals surface area contributed by atoms with E-state index in [1.807, 2.05) is 6.07 Å². The van der Waals surface area contributed by atoms with Gasteiger partial charge in [-0.2, -0.15) is 0 Å². The van der Waals surface area contributed by atoms with Gasteiger partial charge in [-0.3, -0.25) is 0 Å². The van der Waals surface area contributed by atoms with Crippen LogP contribution >= 0.6 is 0 Å². The van der Waals surface area contributed by atoms with Crippen LogP contribution in [0.2, 0.25) is 0 Å². The summed E-state index contributed by atoms with van der Waals surface area (Å²) >= 11 is 0. The van der Waals surface area contributed by atoms with Crippen molar-refractivity contribution >= 4 is 11.8 Å². The van der Waals surface area contributed by atoms with Gasteiger partial charge >= 0.3 is 6.03 Å². The Hall–Kier alpha value is -2.56.